The summed E-state index contributed by atoms with van der Waals surface area (Å²) >= 11 is 0. The van der Waals surface area contributed by atoms with Crippen LogP contribution in [0.1, 0.15) is 58.3 Å². The summed E-state index contributed by atoms with van der Waals surface area (Å²) in [6, 6.07) is 0.234. The van der Waals surface area contributed by atoms with Crippen molar-refractivity contribution in [1.29, 1.82) is 0 Å². The Labute approximate surface area is 105 Å². The summed E-state index contributed by atoms with van der Waals surface area (Å²) in [7, 11) is 0. The maximum absolute atomic E-state index is 5.96. The van der Waals surface area contributed by atoms with Gasteiger partial charge < -0.3 is 4.74 Å². The smallest absolute Gasteiger partial charge is 0.0784 e. The van der Waals surface area contributed by atoms with Crippen molar-refractivity contribution in [3.63, 3.8) is 0 Å². The minimum atomic E-state index is 0.234. The normalized spacial score (nSPS) is 32.7. The minimum Gasteiger partial charge on any atom is -0.373 e. The van der Waals surface area contributed by atoms with Crippen LogP contribution in [0.3, 0.4) is 0 Å². The molecule has 2 rings (SSSR count). The molecule has 0 bridgehead atoms. The molecule has 1 saturated heterocycles. The number of hydrazine groups is 1. The second-order valence-electron chi connectivity index (χ2n) is 5.44. The standard InChI is InChI=1S/C14H26N2O/c1-11-9-10-13(17-11)14(16-15)12-7-5-3-2-4-6-8-12/h7,11,13-14,16H,2-6,8-10,15H2,1H3. The fourth-order valence-corrected chi connectivity index (χ4v) is 3.03. The summed E-state index contributed by atoms with van der Waals surface area (Å²) in [6.07, 6.45) is 13.1. The van der Waals surface area contributed by atoms with Crippen molar-refractivity contribution in [2.45, 2.75) is 76.5 Å². The molecule has 17 heavy (non-hydrogen) atoms. The summed E-state index contributed by atoms with van der Waals surface area (Å²) in [6.45, 7) is 2.15. The Hall–Kier alpha value is -0.380. The molecule has 3 heteroatoms. The van der Waals surface area contributed by atoms with Crippen molar-refractivity contribution in [2.75, 3.05) is 0 Å². The zero-order valence-electron chi connectivity index (χ0n) is 11.0. The van der Waals surface area contributed by atoms with E-state index in [0.717, 1.165) is 12.8 Å². The second kappa shape index (κ2) is 6.53. The average molecular weight is 238 g/mol. The van der Waals surface area contributed by atoms with Gasteiger partial charge in [-0.25, -0.2) is 0 Å². The van der Waals surface area contributed by atoms with E-state index in [2.05, 4.69) is 18.4 Å². The molecule has 0 saturated carbocycles. The maximum atomic E-state index is 5.96. The van der Waals surface area contributed by atoms with E-state index in [1.54, 1.807) is 0 Å². The number of hydrogen-bond acceptors (Lipinski definition) is 3. The first-order valence-electron chi connectivity index (χ1n) is 7.12. The van der Waals surface area contributed by atoms with Crippen LogP contribution in [0.5, 0.6) is 0 Å². The highest BCUT2D eigenvalue weighted by Crippen LogP contribution is 2.28. The van der Waals surface area contributed by atoms with Crippen molar-refractivity contribution in [1.82, 2.24) is 5.43 Å². The van der Waals surface area contributed by atoms with Gasteiger partial charge in [0.15, 0.2) is 0 Å². The number of nitrogens with one attached hydrogen (secondary N) is 1. The first kappa shape index (κ1) is 13.1. The van der Waals surface area contributed by atoms with Crippen molar-refractivity contribution >= 4 is 0 Å². The van der Waals surface area contributed by atoms with Crippen molar-refractivity contribution in [2.24, 2.45) is 5.84 Å². The molecular weight excluding hydrogens is 212 g/mol. The molecular formula is C14H26N2O. The summed E-state index contributed by atoms with van der Waals surface area (Å²) < 4.78 is 5.96. The van der Waals surface area contributed by atoms with Gasteiger partial charge in [-0.2, -0.15) is 0 Å². The largest absolute Gasteiger partial charge is 0.373 e. The fraction of sp³-hybridized carbons (Fsp3) is 0.857. The van der Waals surface area contributed by atoms with E-state index in [1.165, 1.54) is 44.1 Å². The molecule has 0 radical (unpaired) electrons. The first-order valence-corrected chi connectivity index (χ1v) is 7.12. The lowest BCUT2D eigenvalue weighted by Gasteiger charge is -2.26. The van der Waals surface area contributed by atoms with Crippen LogP contribution in [0.15, 0.2) is 11.6 Å². The lowest BCUT2D eigenvalue weighted by Crippen LogP contribution is -2.45. The maximum Gasteiger partial charge on any atom is 0.0784 e. The number of allylic oxidation sites excluding steroid dienone is 1. The molecule has 3 atom stereocenters. The Balaban J connectivity index is 2.00. The van der Waals surface area contributed by atoms with Gasteiger partial charge in [-0.1, -0.05) is 24.5 Å². The molecule has 0 spiro atoms. The van der Waals surface area contributed by atoms with E-state index >= 15 is 0 Å². The van der Waals surface area contributed by atoms with Crippen LogP contribution in [0.25, 0.3) is 0 Å². The van der Waals surface area contributed by atoms with Gasteiger partial charge in [-0.15, -0.1) is 0 Å². The van der Waals surface area contributed by atoms with Gasteiger partial charge in [-0.05, 0) is 45.4 Å². The van der Waals surface area contributed by atoms with Crippen LogP contribution >= 0.6 is 0 Å². The summed E-state index contributed by atoms with van der Waals surface area (Å²) in [5.41, 5.74) is 4.47. The van der Waals surface area contributed by atoms with Gasteiger partial charge in [0, 0.05) is 0 Å². The van der Waals surface area contributed by atoms with Crippen LogP contribution in [0.4, 0.5) is 0 Å². The molecule has 2 aliphatic rings. The first-order chi connectivity index (χ1) is 8.31. The van der Waals surface area contributed by atoms with Crippen LogP contribution < -0.4 is 11.3 Å². The summed E-state index contributed by atoms with van der Waals surface area (Å²) in [5.74, 6) is 5.75. The number of rotatable bonds is 3. The van der Waals surface area contributed by atoms with Crippen molar-refractivity contribution < 1.29 is 4.74 Å². The van der Waals surface area contributed by atoms with Gasteiger partial charge in [0.05, 0.1) is 18.2 Å². The van der Waals surface area contributed by atoms with Gasteiger partial charge in [0.1, 0.15) is 0 Å². The Bertz CT molecular complexity index is 265. The summed E-state index contributed by atoms with van der Waals surface area (Å²) in [5, 5.41) is 0. The zero-order chi connectivity index (χ0) is 12.1. The quantitative estimate of drug-likeness (QED) is 0.451. The molecule has 0 aromatic rings. The Kier molecular flexibility index (Phi) is 5.01. The van der Waals surface area contributed by atoms with Gasteiger partial charge in [0.25, 0.3) is 0 Å². The van der Waals surface area contributed by atoms with E-state index in [0.29, 0.717) is 6.10 Å². The molecule has 3 unspecified atom stereocenters. The third kappa shape index (κ3) is 3.54. The zero-order valence-corrected chi connectivity index (χ0v) is 11.0. The molecule has 0 aromatic carbocycles. The highest BCUT2D eigenvalue weighted by molar-refractivity contribution is 5.14. The number of hydrogen-bond donors (Lipinski definition) is 2. The van der Waals surface area contributed by atoms with Crippen LogP contribution in [0.2, 0.25) is 0 Å². The van der Waals surface area contributed by atoms with E-state index in [-0.39, 0.29) is 12.1 Å². The molecule has 1 fully saturated rings. The SMILES string of the molecule is CC1CCC(C(NN)C2=CCCCCCC2)O1. The van der Waals surface area contributed by atoms with E-state index in [9.17, 15) is 0 Å². The van der Waals surface area contributed by atoms with E-state index in [4.69, 9.17) is 10.6 Å². The topological polar surface area (TPSA) is 47.3 Å². The van der Waals surface area contributed by atoms with Crippen LogP contribution in [-0.2, 0) is 4.74 Å². The molecule has 1 aliphatic heterocycles. The fourth-order valence-electron chi connectivity index (χ4n) is 3.03. The van der Waals surface area contributed by atoms with E-state index < -0.39 is 0 Å². The van der Waals surface area contributed by atoms with Gasteiger partial charge in [0.2, 0.25) is 0 Å². The van der Waals surface area contributed by atoms with Crippen molar-refractivity contribution in [3.05, 3.63) is 11.6 Å². The Morgan fingerprint density at radius 2 is 2.12 bits per heavy atom. The predicted molar refractivity (Wildman–Crippen MR) is 70.5 cm³/mol. The van der Waals surface area contributed by atoms with Crippen molar-refractivity contribution in [3.8, 4) is 0 Å². The highest BCUT2D eigenvalue weighted by Gasteiger charge is 2.30. The van der Waals surface area contributed by atoms with Gasteiger partial charge in [-0.3, -0.25) is 11.3 Å². The summed E-state index contributed by atoms with van der Waals surface area (Å²) in [4.78, 5) is 0. The monoisotopic (exact) mass is 238 g/mol. The Morgan fingerprint density at radius 1 is 1.29 bits per heavy atom. The predicted octanol–water partition coefficient (Wildman–Crippen LogP) is 2.67. The third-order valence-corrected chi connectivity index (χ3v) is 4.04. The van der Waals surface area contributed by atoms with Gasteiger partial charge >= 0.3 is 0 Å². The molecule has 3 N–H and O–H groups in total. The van der Waals surface area contributed by atoms with Crippen LogP contribution in [0, 0.1) is 0 Å². The lowest BCUT2D eigenvalue weighted by molar-refractivity contribution is 0.0388. The molecule has 0 aromatic heterocycles. The second-order valence-corrected chi connectivity index (χ2v) is 5.44. The molecule has 0 amide bonds. The average Bonchev–Trinajstić information content (AvgIpc) is 2.68. The third-order valence-electron chi connectivity index (χ3n) is 4.04. The number of nitrogens with two attached hydrogens (primary N) is 1. The van der Waals surface area contributed by atoms with E-state index in [1.807, 2.05) is 0 Å². The Morgan fingerprint density at radius 3 is 2.82 bits per heavy atom. The molecule has 1 aliphatic carbocycles. The van der Waals surface area contributed by atoms with Crippen LogP contribution in [-0.4, -0.2) is 18.2 Å². The lowest BCUT2D eigenvalue weighted by atomic mass is 9.91. The highest BCUT2D eigenvalue weighted by atomic mass is 16.5. The molecule has 98 valence electrons. The molecule has 3 nitrogen and oxygen atoms in total. The number of ether oxygens (including phenoxy) is 1. The molecule has 1 heterocycles. The minimum absolute atomic E-state index is 0.234.